The molecule has 0 aliphatic carbocycles. The number of rotatable bonds is 7. The van der Waals surface area contributed by atoms with Gasteiger partial charge in [0.2, 0.25) is 21.8 Å². The van der Waals surface area contributed by atoms with Crippen LogP contribution in [0.2, 0.25) is 5.02 Å². The fourth-order valence-electron chi connectivity index (χ4n) is 3.35. The number of aromatic nitrogens is 1. The third-order valence-corrected chi connectivity index (χ3v) is 6.27. The third-order valence-electron chi connectivity index (χ3n) is 4.95. The van der Waals surface area contributed by atoms with E-state index in [9.17, 15) is 13.2 Å². The minimum Gasteiger partial charge on any atom is -0.497 e. The number of benzene rings is 3. The lowest BCUT2D eigenvalue weighted by atomic mass is 10.1. The molecule has 0 fully saturated rings. The number of ether oxygens (including phenoxy) is 2. The van der Waals surface area contributed by atoms with Gasteiger partial charge in [0.25, 0.3) is 0 Å². The standard InChI is InChI=1S/C24H20ClN3O5S/c1-32-18-6-8-19(9-7-18)33-24-13-20-16(14-27-24)10-17(12-22(20)34(26,30)31)28-23(29)11-15-4-2-3-5-21(15)25/h2-10,12-14H,11H2,1H3,(H,28,29)(H2,26,30,31). The summed E-state index contributed by atoms with van der Waals surface area (Å²) in [6.45, 7) is 0. The molecule has 4 rings (SSSR count). The van der Waals surface area contributed by atoms with Crippen molar-refractivity contribution in [3.05, 3.63) is 83.5 Å². The highest BCUT2D eigenvalue weighted by Gasteiger charge is 2.17. The van der Waals surface area contributed by atoms with Gasteiger partial charge in [-0.3, -0.25) is 4.79 Å². The summed E-state index contributed by atoms with van der Waals surface area (Å²) in [5.74, 6) is 0.978. The van der Waals surface area contributed by atoms with E-state index in [0.717, 1.165) is 0 Å². The van der Waals surface area contributed by atoms with Gasteiger partial charge in [0.1, 0.15) is 11.5 Å². The molecule has 0 aliphatic rings. The lowest BCUT2D eigenvalue weighted by Gasteiger charge is -2.12. The summed E-state index contributed by atoms with van der Waals surface area (Å²) in [7, 11) is -2.57. The zero-order valence-corrected chi connectivity index (χ0v) is 19.6. The number of hydrogen-bond acceptors (Lipinski definition) is 6. The molecule has 3 N–H and O–H groups in total. The Morgan fingerprint density at radius 3 is 2.44 bits per heavy atom. The topological polar surface area (TPSA) is 121 Å². The SMILES string of the molecule is COc1ccc(Oc2cc3c(S(N)(=O)=O)cc(NC(=O)Cc4ccccc4Cl)cc3cn2)cc1. The van der Waals surface area contributed by atoms with Crippen LogP contribution in [0.4, 0.5) is 5.69 Å². The molecule has 0 saturated heterocycles. The van der Waals surface area contributed by atoms with Crippen LogP contribution in [0, 0.1) is 0 Å². The van der Waals surface area contributed by atoms with Crippen molar-refractivity contribution in [1.29, 1.82) is 0 Å². The maximum atomic E-state index is 12.5. The van der Waals surface area contributed by atoms with Gasteiger partial charge in [0, 0.05) is 33.7 Å². The zero-order valence-electron chi connectivity index (χ0n) is 18.0. The predicted octanol–water partition coefficient (Wildman–Crippen LogP) is 4.52. The summed E-state index contributed by atoms with van der Waals surface area (Å²) in [5, 5.41) is 9.40. The molecule has 0 spiro atoms. The number of nitrogens with two attached hydrogens (primary N) is 1. The largest absolute Gasteiger partial charge is 0.497 e. The number of hydrogen-bond donors (Lipinski definition) is 2. The van der Waals surface area contributed by atoms with Crippen LogP contribution in [0.15, 0.2) is 77.8 Å². The van der Waals surface area contributed by atoms with E-state index < -0.39 is 10.0 Å². The number of methoxy groups -OCH3 is 1. The number of nitrogens with zero attached hydrogens (tertiary/aromatic N) is 1. The first-order chi connectivity index (χ1) is 16.2. The minimum atomic E-state index is -4.12. The maximum absolute atomic E-state index is 12.5. The van der Waals surface area contributed by atoms with Crippen molar-refractivity contribution in [2.75, 3.05) is 12.4 Å². The first kappa shape index (κ1) is 23.5. The molecule has 34 heavy (non-hydrogen) atoms. The molecular weight excluding hydrogens is 478 g/mol. The molecule has 3 aromatic carbocycles. The van der Waals surface area contributed by atoms with E-state index in [2.05, 4.69) is 10.3 Å². The van der Waals surface area contributed by atoms with Gasteiger partial charge in [0.05, 0.1) is 18.4 Å². The van der Waals surface area contributed by atoms with Crippen LogP contribution in [0.3, 0.4) is 0 Å². The van der Waals surface area contributed by atoms with Crippen molar-refractivity contribution in [3.63, 3.8) is 0 Å². The van der Waals surface area contributed by atoms with Crippen LogP contribution in [-0.4, -0.2) is 26.4 Å². The van der Waals surface area contributed by atoms with Gasteiger partial charge < -0.3 is 14.8 Å². The molecule has 1 heterocycles. The molecule has 10 heteroatoms. The second-order valence-electron chi connectivity index (χ2n) is 7.36. The zero-order chi connectivity index (χ0) is 24.3. The Balaban J connectivity index is 1.64. The van der Waals surface area contributed by atoms with Crippen molar-refractivity contribution in [3.8, 4) is 17.4 Å². The summed E-state index contributed by atoms with van der Waals surface area (Å²) >= 11 is 6.12. The van der Waals surface area contributed by atoms with Crippen molar-refractivity contribution in [2.24, 2.45) is 5.14 Å². The van der Waals surface area contributed by atoms with Crippen molar-refractivity contribution >= 4 is 44.0 Å². The molecule has 0 radical (unpaired) electrons. The molecule has 0 atom stereocenters. The van der Waals surface area contributed by atoms with Crippen molar-refractivity contribution in [1.82, 2.24) is 4.98 Å². The monoisotopic (exact) mass is 497 g/mol. The smallest absolute Gasteiger partial charge is 0.238 e. The number of sulfonamides is 1. The summed E-state index contributed by atoms with van der Waals surface area (Å²) in [4.78, 5) is 16.6. The van der Waals surface area contributed by atoms with E-state index in [0.29, 0.717) is 32.9 Å². The highest BCUT2D eigenvalue weighted by atomic mass is 35.5. The molecule has 1 aromatic heterocycles. The lowest BCUT2D eigenvalue weighted by molar-refractivity contribution is -0.115. The van der Waals surface area contributed by atoms with Crippen LogP contribution in [0.25, 0.3) is 10.8 Å². The van der Waals surface area contributed by atoms with Gasteiger partial charge in [0.15, 0.2) is 0 Å². The molecule has 174 valence electrons. The summed E-state index contributed by atoms with van der Waals surface area (Å²) in [6, 6.07) is 18.2. The molecule has 0 saturated carbocycles. The first-order valence-corrected chi connectivity index (χ1v) is 12.0. The lowest BCUT2D eigenvalue weighted by Crippen LogP contribution is -2.17. The number of halogens is 1. The van der Waals surface area contributed by atoms with E-state index in [1.54, 1.807) is 61.7 Å². The first-order valence-electron chi connectivity index (χ1n) is 10.0. The normalized spacial score (nSPS) is 11.3. The Hall–Kier alpha value is -3.66. The van der Waals surface area contributed by atoms with Crippen LogP contribution in [0.1, 0.15) is 5.56 Å². The van der Waals surface area contributed by atoms with Crippen molar-refractivity contribution in [2.45, 2.75) is 11.3 Å². The molecule has 8 nitrogen and oxygen atoms in total. The van der Waals surface area contributed by atoms with Crippen molar-refractivity contribution < 1.29 is 22.7 Å². The average molecular weight is 498 g/mol. The van der Waals surface area contributed by atoms with Crippen LogP contribution >= 0.6 is 11.6 Å². The quantitative estimate of drug-likeness (QED) is 0.387. The number of carbonyl (C=O) groups is 1. The Kier molecular flexibility index (Phi) is 6.69. The summed E-state index contributed by atoms with van der Waals surface area (Å²) < 4.78 is 35.5. The van der Waals surface area contributed by atoms with Crippen LogP contribution in [0.5, 0.6) is 17.4 Å². The van der Waals surface area contributed by atoms with Gasteiger partial charge in [-0.2, -0.15) is 0 Å². The van der Waals surface area contributed by atoms with Gasteiger partial charge in [-0.05, 0) is 48.0 Å². The number of fused-ring (bicyclic) bond motifs is 1. The van der Waals surface area contributed by atoms with E-state index in [-0.39, 0.29) is 28.8 Å². The summed E-state index contributed by atoms with van der Waals surface area (Å²) in [5.41, 5.74) is 0.912. The van der Waals surface area contributed by atoms with E-state index in [1.165, 1.54) is 18.3 Å². The van der Waals surface area contributed by atoms with Crippen LogP contribution < -0.4 is 19.9 Å². The van der Waals surface area contributed by atoms with E-state index in [4.69, 9.17) is 26.2 Å². The highest BCUT2D eigenvalue weighted by Crippen LogP contribution is 2.31. The Morgan fingerprint density at radius 1 is 1.06 bits per heavy atom. The molecular formula is C24H20ClN3O5S. The Bertz CT molecular complexity index is 1470. The number of nitrogens with one attached hydrogen (secondary N) is 1. The molecule has 0 unspecified atom stereocenters. The second-order valence-corrected chi connectivity index (χ2v) is 9.29. The highest BCUT2D eigenvalue weighted by molar-refractivity contribution is 7.89. The summed E-state index contributed by atoms with van der Waals surface area (Å²) in [6.07, 6.45) is 1.47. The third kappa shape index (κ3) is 5.45. The van der Waals surface area contributed by atoms with Gasteiger partial charge >= 0.3 is 0 Å². The minimum absolute atomic E-state index is 0.0231. The van der Waals surface area contributed by atoms with Crippen LogP contribution in [-0.2, 0) is 21.2 Å². The number of primary sulfonamides is 1. The maximum Gasteiger partial charge on any atom is 0.238 e. The molecule has 1 amide bonds. The number of amides is 1. The molecule has 0 bridgehead atoms. The van der Waals surface area contributed by atoms with Gasteiger partial charge in [-0.25, -0.2) is 18.5 Å². The number of carbonyl (C=O) groups excluding carboxylic acids is 1. The van der Waals surface area contributed by atoms with E-state index >= 15 is 0 Å². The average Bonchev–Trinajstić information content (AvgIpc) is 2.80. The molecule has 0 aliphatic heterocycles. The second kappa shape index (κ2) is 9.68. The van der Waals surface area contributed by atoms with Gasteiger partial charge in [-0.15, -0.1) is 0 Å². The Morgan fingerprint density at radius 2 is 1.76 bits per heavy atom. The predicted molar refractivity (Wildman–Crippen MR) is 130 cm³/mol. The Labute approximate surface area is 201 Å². The number of pyridine rings is 1. The van der Waals surface area contributed by atoms with Gasteiger partial charge in [-0.1, -0.05) is 29.8 Å². The number of anilines is 1. The fraction of sp³-hybridized carbons (Fsp3) is 0.0833. The van der Waals surface area contributed by atoms with E-state index in [1.807, 2.05) is 0 Å². The molecule has 4 aromatic rings. The fourth-order valence-corrected chi connectivity index (χ4v) is 4.33.